The molecule has 2 aliphatic rings. The first-order valence-corrected chi connectivity index (χ1v) is 10.6. The average Bonchev–Trinajstić information content (AvgIpc) is 2.76. The van der Waals surface area contributed by atoms with E-state index < -0.39 is 0 Å². The summed E-state index contributed by atoms with van der Waals surface area (Å²) >= 11 is 0. The Morgan fingerprint density at radius 3 is 2.29 bits per heavy atom. The third-order valence-corrected chi connectivity index (χ3v) is 6.53. The van der Waals surface area contributed by atoms with Gasteiger partial charge in [0, 0.05) is 50.5 Å². The van der Waals surface area contributed by atoms with Crippen LogP contribution in [0.4, 0.5) is 11.5 Å². The number of nitrogens with zero attached hydrogens (tertiary/aromatic N) is 5. The molecule has 0 atom stereocenters. The van der Waals surface area contributed by atoms with E-state index in [0.29, 0.717) is 5.41 Å². The predicted molar refractivity (Wildman–Crippen MR) is 114 cm³/mol. The van der Waals surface area contributed by atoms with Gasteiger partial charge in [-0.25, -0.2) is 4.98 Å². The highest BCUT2D eigenvalue weighted by atomic mass is 15.2. The van der Waals surface area contributed by atoms with E-state index in [1.54, 1.807) is 0 Å². The maximum atomic E-state index is 4.88. The molecule has 2 aromatic rings. The van der Waals surface area contributed by atoms with Gasteiger partial charge in [0.25, 0.3) is 0 Å². The van der Waals surface area contributed by atoms with Gasteiger partial charge >= 0.3 is 0 Å². The summed E-state index contributed by atoms with van der Waals surface area (Å²) in [6.07, 6.45) is 14.8. The molecule has 2 fully saturated rings. The Balaban J connectivity index is 1.31. The van der Waals surface area contributed by atoms with Crippen LogP contribution in [0.5, 0.6) is 0 Å². The number of anilines is 2. The van der Waals surface area contributed by atoms with Crippen molar-refractivity contribution in [3.63, 3.8) is 0 Å². The van der Waals surface area contributed by atoms with Gasteiger partial charge < -0.3 is 15.1 Å². The van der Waals surface area contributed by atoms with Gasteiger partial charge in [-0.05, 0) is 69.7 Å². The number of nitrogens with one attached hydrogen (secondary N) is 1. The van der Waals surface area contributed by atoms with Crippen LogP contribution >= 0.6 is 0 Å². The number of aryl methyl sites for hydroxylation is 1. The molecular weight excluding hydrogens is 348 g/mol. The van der Waals surface area contributed by atoms with Crippen molar-refractivity contribution in [3.8, 4) is 0 Å². The Bertz CT molecular complexity index is 732. The summed E-state index contributed by atoms with van der Waals surface area (Å²) in [7, 11) is 1.99. The minimum absolute atomic E-state index is 0.512. The van der Waals surface area contributed by atoms with Crippen molar-refractivity contribution in [2.24, 2.45) is 5.41 Å². The maximum Gasteiger partial charge on any atom is 0.147 e. The molecule has 2 aliphatic heterocycles. The Morgan fingerprint density at radius 1 is 0.929 bits per heavy atom. The molecule has 0 bridgehead atoms. The van der Waals surface area contributed by atoms with Gasteiger partial charge in [-0.3, -0.25) is 9.97 Å². The first-order valence-electron chi connectivity index (χ1n) is 10.6. The number of hydrogen-bond acceptors (Lipinski definition) is 6. The fourth-order valence-corrected chi connectivity index (χ4v) is 4.62. The number of pyridine rings is 1. The lowest BCUT2D eigenvalue weighted by molar-refractivity contribution is 0.166. The van der Waals surface area contributed by atoms with Gasteiger partial charge in [0.15, 0.2) is 0 Å². The minimum atomic E-state index is 0.512. The van der Waals surface area contributed by atoms with E-state index in [0.717, 1.165) is 57.1 Å². The highest BCUT2D eigenvalue weighted by molar-refractivity contribution is 5.45. The predicted octanol–water partition coefficient (Wildman–Crippen LogP) is 2.91. The maximum absolute atomic E-state index is 4.88. The Morgan fingerprint density at radius 2 is 1.61 bits per heavy atom. The lowest BCUT2D eigenvalue weighted by Crippen LogP contribution is -2.47. The molecule has 4 heterocycles. The second kappa shape index (κ2) is 8.86. The summed E-state index contributed by atoms with van der Waals surface area (Å²) in [5.74, 6) is 1.06. The summed E-state index contributed by atoms with van der Waals surface area (Å²) in [4.78, 5) is 18.4. The molecule has 1 N–H and O–H groups in total. The molecule has 0 amide bonds. The second-order valence-corrected chi connectivity index (χ2v) is 8.26. The van der Waals surface area contributed by atoms with Crippen molar-refractivity contribution >= 4 is 11.5 Å². The minimum Gasteiger partial charge on any atom is -0.371 e. The molecule has 2 aromatic heterocycles. The van der Waals surface area contributed by atoms with Gasteiger partial charge in [0.1, 0.15) is 5.82 Å². The van der Waals surface area contributed by atoms with Crippen LogP contribution in [-0.2, 0) is 6.42 Å². The Labute approximate surface area is 168 Å². The normalized spacial score (nSPS) is 19.2. The SMILES string of the molecule is CNCCCc1cncc(N2CCC3(CCN(c4ccncc4)CC3)CC2)n1. The standard InChI is InChI=1S/C22H32N6/c1-23-10-2-3-19-17-25-18-21(26-19)28-15-8-22(9-16-28)6-13-27(14-7-22)20-4-11-24-12-5-20/h4-5,11-12,17-18,23H,2-3,6-10,13-16H2,1H3. The van der Waals surface area contributed by atoms with Gasteiger partial charge in [-0.15, -0.1) is 0 Å². The highest BCUT2D eigenvalue weighted by Gasteiger charge is 2.37. The van der Waals surface area contributed by atoms with Crippen molar-refractivity contribution in [2.45, 2.75) is 38.5 Å². The fourth-order valence-electron chi connectivity index (χ4n) is 4.62. The van der Waals surface area contributed by atoms with E-state index in [1.165, 1.54) is 31.4 Å². The topological polar surface area (TPSA) is 57.2 Å². The Hall–Kier alpha value is -2.21. The summed E-state index contributed by atoms with van der Waals surface area (Å²) < 4.78 is 0. The van der Waals surface area contributed by atoms with Crippen molar-refractivity contribution in [3.05, 3.63) is 42.6 Å². The summed E-state index contributed by atoms with van der Waals surface area (Å²) in [5.41, 5.74) is 2.93. The largest absolute Gasteiger partial charge is 0.371 e. The molecule has 0 aliphatic carbocycles. The zero-order valence-corrected chi connectivity index (χ0v) is 17.0. The summed E-state index contributed by atoms with van der Waals surface area (Å²) in [6, 6.07) is 4.26. The van der Waals surface area contributed by atoms with E-state index in [9.17, 15) is 0 Å². The smallest absolute Gasteiger partial charge is 0.147 e. The third kappa shape index (κ3) is 4.43. The zero-order valence-electron chi connectivity index (χ0n) is 17.0. The molecule has 0 unspecified atom stereocenters. The average molecular weight is 381 g/mol. The first-order chi connectivity index (χ1) is 13.8. The first kappa shape index (κ1) is 19.1. The van der Waals surface area contributed by atoms with E-state index in [1.807, 2.05) is 31.8 Å². The molecular formula is C22H32N6. The van der Waals surface area contributed by atoms with Gasteiger partial charge in [0.05, 0.1) is 11.9 Å². The molecule has 0 radical (unpaired) electrons. The monoisotopic (exact) mass is 380 g/mol. The van der Waals surface area contributed by atoms with Crippen molar-refractivity contribution < 1.29 is 0 Å². The van der Waals surface area contributed by atoms with Crippen LogP contribution in [0.25, 0.3) is 0 Å². The fraction of sp³-hybridized carbons (Fsp3) is 0.591. The number of hydrogen-bond donors (Lipinski definition) is 1. The third-order valence-electron chi connectivity index (χ3n) is 6.53. The molecule has 0 aromatic carbocycles. The van der Waals surface area contributed by atoms with E-state index in [-0.39, 0.29) is 0 Å². The molecule has 4 rings (SSSR count). The quantitative estimate of drug-likeness (QED) is 0.778. The van der Waals surface area contributed by atoms with Crippen LogP contribution < -0.4 is 15.1 Å². The highest BCUT2D eigenvalue weighted by Crippen LogP contribution is 2.42. The Kier molecular flexibility index (Phi) is 6.05. The van der Waals surface area contributed by atoms with E-state index in [4.69, 9.17) is 4.98 Å². The molecule has 150 valence electrons. The van der Waals surface area contributed by atoms with Crippen molar-refractivity contribution in [1.82, 2.24) is 20.3 Å². The lowest BCUT2D eigenvalue weighted by atomic mass is 9.71. The van der Waals surface area contributed by atoms with E-state index in [2.05, 4.69) is 37.2 Å². The van der Waals surface area contributed by atoms with Crippen LogP contribution in [-0.4, -0.2) is 54.7 Å². The second-order valence-electron chi connectivity index (χ2n) is 8.26. The van der Waals surface area contributed by atoms with Crippen LogP contribution in [0.1, 0.15) is 37.8 Å². The van der Waals surface area contributed by atoms with Crippen LogP contribution in [0.3, 0.4) is 0 Å². The molecule has 6 nitrogen and oxygen atoms in total. The molecule has 28 heavy (non-hydrogen) atoms. The summed E-state index contributed by atoms with van der Waals surface area (Å²) in [6.45, 7) is 5.54. The van der Waals surface area contributed by atoms with Crippen LogP contribution in [0, 0.1) is 5.41 Å². The van der Waals surface area contributed by atoms with Crippen molar-refractivity contribution in [2.75, 3.05) is 49.6 Å². The van der Waals surface area contributed by atoms with Gasteiger partial charge in [-0.1, -0.05) is 0 Å². The molecule has 0 saturated carbocycles. The molecule has 2 saturated heterocycles. The lowest BCUT2D eigenvalue weighted by Gasteiger charge is -2.47. The van der Waals surface area contributed by atoms with Gasteiger partial charge in [-0.2, -0.15) is 0 Å². The van der Waals surface area contributed by atoms with E-state index >= 15 is 0 Å². The van der Waals surface area contributed by atoms with Gasteiger partial charge in [0.2, 0.25) is 0 Å². The number of piperidine rings is 2. The number of rotatable bonds is 6. The van der Waals surface area contributed by atoms with Crippen molar-refractivity contribution in [1.29, 1.82) is 0 Å². The summed E-state index contributed by atoms with van der Waals surface area (Å²) in [5, 5.41) is 3.20. The molecule has 1 spiro atoms. The van der Waals surface area contributed by atoms with Crippen LogP contribution in [0.15, 0.2) is 36.9 Å². The molecule has 6 heteroatoms. The number of aromatic nitrogens is 3. The zero-order chi connectivity index (χ0) is 19.2. The van der Waals surface area contributed by atoms with Crippen LogP contribution in [0.2, 0.25) is 0 Å².